The van der Waals surface area contributed by atoms with E-state index in [4.69, 9.17) is 11.6 Å². The summed E-state index contributed by atoms with van der Waals surface area (Å²) < 4.78 is 40.0. The fraction of sp³-hybridized carbons (Fsp3) is 0.286. The summed E-state index contributed by atoms with van der Waals surface area (Å²) in [5.41, 5.74) is 1.48. The topological polar surface area (TPSA) is 81.1 Å². The van der Waals surface area contributed by atoms with E-state index in [1.54, 1.807) is 6.07 Å². The van der Waals surface area contributed by atoms with Crippen molar-refractivity contribution in [2.75, 3.05) is 6.26 Å². The first-order valence-corrected chi connectivity index (χ1v) is 9.12. The highest BCUT2D eigenvalue weighted by molar-refractivity contribution is 7.89. The second-order valence-electron chi connectivity index (χ2n) is 5.32. The smallest absolute Gasteiger partial charge is 0.266 e. The Balaban J connectivity index is 2.12. The largest absolute Gasteiger partial charge is 0.285 e. The molecule has 2 aromatic rings. The van der Waals surface area contributed by atoms with Gasteiger partial charge in [-0.3, -0.25) is 4.79 Å². The van der Waals surface area contributed by atoms with Gasteiger partial charge in [-0.25, -0.2) is 22.2 Å². The molecule has 1 aliphatic carbocycles. The zero-order chi connectivity index (χ0) is 16.8. The SMILES string of the molecule is CS(=O)(=O)NC(=O)c1nn(-c2cccc(Cl)c2F)c2c1CCC2. The third-order valence-electron chi connectivity index (χ3n) is 3.58. The third kappa shape index (κ3) is 2.96. The van der Waals surface area contributed by atoms with Crippen LogP contribution in [-0.2, 0) is 22.9 Å². The Morgan fingerprint density at radius 3 is 2.83 bits per heavy atom. The van der Waals surface area contributed by atoms with Crippen molar-refractivity contribution in [2.24, 2.45) is 0 Å². The van der Waals surface area contributed by atoms with E-state index in [9.17, 15) is 17.6 Å². The van der Waals surface area contributed by atoms with Gasteiger partial charge in [-0.05, 0) is 31.4 Å². The molecule has 0 radical (unpaired) electrons. The first-order chi connectivity index (χ1) is 10.8. The summed E-state index contributed by atoms with van der Waals surface area (Å²) in [7, 11) is -3.70. The van der Waals surface area contributed by atoms with Gasteiger partial charge >= 0.3 is 0 Å². The van der Waals surface area contributed by atoms with E-state index in [2.05, 4.69) is 5.10 Å². The molecule has 9 heteroatoms. The molecule has 0 bridgehead atoms. The predicted octanol–water partition coefficient (Wildman–Crippen LogP) is 1.84. The van der Waals surface area contributed by atoms with Gasteiger partial charge in [0.1, 0.15) is 5.69 Å². The lowest BCUT2D eigenvalue weighted by Gasteiger charge is -2.07. The molecule has 1 N–H and O–H groups in total. The molecule has 1 aliphatic rings. The molecular formula is C14H13ClFN3O3S. The lowest BCUT2D eigenvalue weighted by Crippen LogP contribution is -2.30. The normalized spacial score (nSPS) is 13.9. The Morgan fingerprint density at radius 1 is 1.39 bits per heavy atom. The van der Waals surface area contributed by atoms with E-state index in [1.807, 2.05) is 4.72 Å². The molecule has 1 amide bonds. The molecule has 0 aliphatic heterocycles. The summed E-state index contributed by atoms with van der Waals surface area (Å²) >= 11 is 5.80. The van der Waals surface area contributed by atoms with Gasteiger partial charge < -0.3 is 0 Å². The second-order valence-corrected chi connectivity index (χ2v) is 7.47. The number of carbonyl (C=O) groups excluding carboxylic acids is 1. The number of halogens is 2. The van der Waals surface area contributed by atoms with Crippen LogP contribution in [-0.4, -0.2) is 30.4 Å². The molecule has 1 aromatic heterocycles. The van der Waals surface area contributed by atoms with Crippen LogP contribution in [0.25, 0.3) is 5.69 Å². The van der Waals surface area contributed by atoms with Gasteiger partial charge in [-0.15, -0.1) is 0 Å². The summed E-state index contributed by atoms with van der Waals surface area (Å²) in [6, 6.07) is 4.51. The van der Waals surface area contributed by atoms with Crippen molar-refractivity contribution in [1.29, 1.82) is 0 Å². The molecule has 0 saturated carbocycles. The molecule has 3 rings (SSSR count). The van der Waals surface area contributed by atoms with E-state index >= 15 is 0 Å². The number of aromatic nitrogens is 2. The molecule has 1 heterocycles. The Kier molecular flexibility index (Phi) is 3.89. The van der Waals surface area contributed by atoms with Crippen LogP contribution >= 0.6 is 11.6 Å². The van der Waals surface area contributed by atoms with Gasteiger partial charge in [0.25, 0.3) is 5.91 Å². The number of fused-ring (bicyclic) bond motifs is 1. The van der Waals surface area contributed by atoms with E-state index in [1.165, 1.54) is 16.8 Å². The second kappa shape index (κ2) is 5.61. The highest BCUT2D eigenvalue weighted by atomic mass is 35.5. The summed E-state index contributed by atoms with van der Waals surface area (Å²) in [6.45, 7) is 0. The zero-order valence-corrected chi connectivity index (χ0v) is 13.7. The van der Waals surface area contributed by atoms with Crippen LogP contribution in [0.4, 0.5) is 4.39 Å². The average molecular weight is 358 g/mol. The van der Waals surface area contributed by atoms with Gasteiger partial charge in [-0.2, -0.15) is 5.10 Å². The Bertz CT molecular complexity index is 908. The molecule has 1 aromatic carbocycles. The van der Waals surface area contributed by atoms with E-state index in [-0.39, 0.29) is 16.4 Å². The highest BCUT2D eigenvalue weighted by Crippen LogP contribution is 2.30. The Morgan fingerprint density at radius 2 is 2.13 bits per heavy atom. The molecule has 0 saturated heterocycles. The molecule has 0 atom stereocenters. The monoisotopic (exact) mass is 357 g/mol. The summed E-state index contributed by atoms with van der Waals surface area (Å²) in [5.74, 6) is -1.45. The summed E-state index contributed by atoms with van der Waals surface area (Å²) in [4.78, 5) is 12.1. The van der Waals surface area contributed by atoms with Gasteiger partial charge in [0.05, 0.1) is 11.3 Å². The fourth-order valence-corrected chi connectivity index (χ4v) is 3.29. The number of hydrogen-bond donors (Lipinski definition) is 1. The number of amides is 1. The number of nitrogens with zero attached hydrogens (tertiary/aromatic N) is 2. The van der Waals surface area contributed by atoms with Crippen molar-refractivity contribution in [1.82, 2.24) is 14.5 Å². The first kappa shape index (κ1) is 15.9. The maximum atomic E-state index is 14.2. The van der Waals surface area contributed by atoms with E-state index < -0.39 is 21.7 Å². The lowest BCUT2D eigenvalue weighted by molar-refractivity contribution is 0.0975. The quantitative estimate of drug-likeness (QED) is 0.908. The number of rotatable bonds is 3. The van der Waals surface area contributed by atoms with Gasteiger partial charge in [0.2, 0.25) is 10.0 Å². The van der Waals surface area contributed by atoms with Crippen LogP contribution in [0, 0.1) is 5.82 Å². The number of sulfonamides is 1. The third-order valence-corrected chi connectivity index (χ3v) is 4.43. The summed E-state index contributed by atoms with van der Waals surface area (Å²) in [6.07, 6.45) is 2.89. The summed E-state index contributed by atoms with van der Waals surface area (Å²) in [5, 5.41) is 4.08. The van der Waals surface area contributed by atoms with Crippen molar-refractivity contribution < 1.29 is 17.6 Å². The van der Waals surface area contributed by atoms with Crippen LogP contribution in [0.5, 0.6) is 0 Å². The first-order valence-electron chi connectivity index (χ1n) is 6.85. The number of nitrogens with one attached hydrogen (secondary N) is 1. The van der Waals surface area contributed by atoms with Crippen LogP contribution in [0.3, 0.4) is 0 Å². The maximum Gasteiger partial charge on any atom is 0.285 e. The van der Waals surface area contributed by atoms with Crippen molar-refractivity contribution >= 4 is 27.5 Å². The lowest BCUT2D eigenvalue weighted by atomic mass is 10.2. The minimum absolute atomic E-state index is 0.00213. The van der Waals surface area contributed by atoms with Crippen molar-refractivity contribution in [3.63, 3.8) is 0 Å². The fourth-order valence-electron chi connectivity index (χ4n) is 2.69. The molecule has 0 spiro atoms. The minimum atomic E-state index is -3.70. The minimum Gasteiger partial charge on any atom is -0.266 e. The molecule has 6 nitrogen and oxygen atoms in total. The number of hydrogen-bond acceptors (Lipinski definition) is 4. The number of benzene rings is 1. The maximum absolute atomic E-state index is 14.2. The Hall–Kier alpha value is -1.93. The molecular weight excluding hydrogens is 345 g/mol. The predicted molar refractivity (Wildman–Crippen MR) is 82.9 cm³/mol. The van der Waals surface area contributed by atoms with Crippen LogP contribution in [0.1, 0.15) is 28.2 Å². The van der Waals surface area contributed by atoms with Crippen molar-refractivity contribution in [3.05, 3.63) is 46.0 Å². The van der Waals surface area contributed by atoms with Crippen molar-refractivity contribution in [3.8, 4) is 5.69 Å². The van der Waals surface area contributed by atoms with E-state index in [0.29, 0.717) is 24.1 Å². The van der Waals surface area contributed by atoms with Crippen LogP contribution in [0.15, 0.2) is 18.2 Å². The van der Waals surface area contributed by atoms with Gasteiger partial charge in [0, 0.05) is 11.3 Å². The molecule has 0 unspecified atom stereocenters. The van der Waals surface area contributed by atoms with Gasteiger partial charge in [-0.1, -0.05) is 17.7 Å². The molecule has 0 fully saturated rings. The average Bonchev–Trinajstić information content (AvgIpc) is 3.02. The van der Waals surface area contributed by atoms with E-state index in [0.717, 1.165) is 12.7 Å². The highest BCUT2D eigenvalue weighted by Gasteiger charge is 2.29. The van der Waals surface area contributed by atoms with Gasteiger partial charge in [0.15, 0.2) is 11.5 Å². The Labute approximate surface area is 137 Å². The molecule has 122 valence electrons. The molecule has 23 heavy (non-hydrogen) atoms. The number of carbonyl (C=O) groups is 1. The van der Waals surface area contributed by atoms with Crippen LogP contribution in [0.2, 0.25) is 5.02 Å². The standard InChI is InChI=1S/C14H13ClFN3O3S/c1-23(21,22)18-14(20)13-8-4-2-6-10(8)19(17-13)11-7-3-5-9(15)12(11)16/h3,5,7H,2,4,6H2,1H3,(H,18,20). The van der Waals surface area contributed by atoms with Crippen LogP contribution < -0.4 is 4.72 Å². The zero-order valence-electron chi connectivity index (χ0n) is 12.1. The van der Waals surface area contributed by atoms with Crippen molar-refractivity contribution in [2.45, 2.75) is 19.3 Å².